The lowest BCUT2D eigenvalue weighted by Crippen LogP contribution is -2.36. The smallest absolute Gasteiger partial charge is 0.191 e. The first-order valence-corrected chi connectivity index (χ1v) is 10.7. The van der Waals surface area contributed by atoms with Gasteiger partial charge in [-0.25, -0.2) is 4.98 Å². The molecule has 2 heterocycles. The summed E-state index contributed by atoms with van der Waals surface area (Å²) in [5.41, 5.74) is 3.42. The van der Waals surface area contributed by atoms with Gasteiger partial charge < -0.3 is 20.1 Å². The fourth-order valence-corrected chi connectivity index (χ4v) is 4.04. The highest BCUT2D eigenvalue weighted by molar-refractivity contribution is 14.0. The molecule has 29 heavy (non-hydrogen) atoms. The number of halogens is 1. The third-order valence-electron chi connectivity index (χ3n) is 4.62. The Morgan fingerprint density at radius 1 is 1.34 bits per heavy atom. The van der Waals surface area contributed by atoms with E-state index in [2.05, 4.69) is 58.9 Å². The molecule has 0 bridgehead atoms. The third kappa shape index (κ3) is 6.21. The number of benzene rings is 1. The van der Waals surface area contributed by atoms with Gasteiger partial charge in [-0.3, -0.25) is 4.99 Å². The number of aromatic nitrogens is 1. The van der Waals surface area contributed by atoms with Gasteiger partial charge >= 0.3 is 0 Å². The molecule has 6 nitrogen and oxygen atoms in total. The van der Waals surface area contributed by atoms with Crippen molar-refractivity contribution in [1.82, 2.24) is 15.6 Å². The molecule has 8 heteroatoms. The number of nitrogens with zero attached hydrogens (tertiary/aromatic N) is 2. The van der Waals surface area contributed by atoms with E-state index in [1.807, 2.05) is 6.92 Å². The first kappa shape index (κ1) is 23.7. The number of fused-ring (bicyclic) bond motifs is 1. The second-order valence-corrected chi connectivity index (χ2v) is 8.18. The van der Waals surface area contributed by atoms with Crippen molar-refractivity contribution < 1.29 is 9.47 Å². The average molecular weight is 530 g/mol. The predicted octanol–water partition coefficient (Wildman–Crippen LogP) is 4.47. The maximum absolute atomic E-state index is 5.90. The predicted molar refractivity (Wildman–Crippen MR) is 130 cm³/mol. The van der Waals surface area contributed by atoms with Gasteiger partial charge in [0.05, 0.1) is 18.8 Å². The summed E-state index contributed by atoms with van der Waals surface area (Å²) in [6.45, 7) is 10.3. The van der Waals surface area contributed by atoms with Crippen molar-refractivity contribution in [1.29, 1.82) is 0 Å². The molecule has 2 N–H and O–H groups in total. The van der Waals surface area contributed by atoms with Gasteiger partial charge in [-0.05, 0) is 31.9 Å². The SMILES string of the molecule is CCOc1cc2c(cc1CNC(=NC)NCc1nc(C(C)C)cs1)OC(C)C2.I. The lowest BCUT2D eigenvalue weighted by molar-refractivity contribution is 0.254. The van der Waals surface area contributed by atoms with Crippen molar-refractivity contribution in [3.05, 3.63) is 39.3 Å². The lowest BCUT2D eigenvalue weighted by atomic mass is 10.1. The van der Waals surface area contributed by atoms with Crippen LogP contribution in [-0.2, 0) is 19.5 Å². The summed E-state index contributed by atoms with van der Waals surface area (Å²) in [7, 11) is 1.77. The van der Waals surface area contributed by atoms with Crippen molar-refractivity contribution >= 4 is 41.3 Å². The molecule has 1 unspecified atom stereocenters. The largest absolute Gasteiger partial charge is 0.494 e. The highest BCUT2D eigenvalue weighted by Gasteiger charge is 2.22. The van der Waals surface area contributed by atoms with Crippen LogP contribution < -0.4 is 20.1 Å². The Bertz CT molecular complexity index is 838. The van der Waals surface area contributed by atoms with Crippen LogP contribution in [0.25, 0.3) is 0 Å². The van der Waals surface area contributed by atoms with Crippen molar-refractivity contribution in [2.24, 2.45) is 4.99 Å². The molecule has 1 aliphatic rings. The van der Waals surface area contributed by atoms with Gasteiger partial charge in [0.25, 0.3) is 0 Å². The molecule has 0 fully saturated rings. The molecule has 1 aromatic carbocycles. The van der Waals surface area contributed by atoms with Gasteiger partial charge in [0.2, 0.25) is 0 Å². The highest BCUT2D eigenvalue weighted by atomic mass is 127. The topological polar surface area (TPSA) is 67.8 Å². The number of hydrogen-bond donors (Lipinski definition) is 2. The number of aliphatic imine (C=N–C) groups is 1. The highest BCUT2D eigenvalue weighted by Crippen LogP contribution is 2.35. The van der Waals surface area contributed by atoms with Crippen LogP contribution in [0.4, 0.5) is 0 Å². The van der Waals surface area contributed by atoms with E-state index in [0.29, 0.717) is 25.6 Å². The lowest BCUT2D eigenvalue weighted by Gasteiger charge is -2.15. The normalized spacial score (nSPS) is 15.5. The van der Waals surface area contributed by atoms with E-state index in [1.54, 1.807) is 18.4 Å². The molecule has 0 aliphatic carbocycles. The Balaban J connectivity index is 0.00000300. The van der Waals surface area contributed by atoms with E-state index < -0.39 is 0 Å². The fraction of sp³-hybridized carbons (Fsp3) is 0.524. The molecule has 1 aliphatic heterocycles. The molecule has 0 radical (unpaired) electrons. The van der Waals surface area contributed by atoms with Crippen LogP contribution in [0.3, 0.4) is 0 Å². The third-order valence-corrected chi connectivity index (χ3v) is 5.48. The van der Waals surface area contributed by atoms with Crippen molar-refractivity contribution in [3.63, 3.8) is 0 Å². The van der Waals surface area contributed by atoms with Crippen LogP contribution in [0.15, 0.2) is 22.5 Å². The number of thiazole rings is 1. The summed E-state index contributed by atoms with van der Waals surface area (Å²) in [5, 5.41) is 9.88. The summed E-state index contributed by atoms with van der Waals surface area (Å²) in [6.07, 6.45) is 1.15. The number of guanidine groups is 1. The summed E-state index contributed by atoms with van der Waals surface area (Å²) < 4.78 is 11.8. The quantitative estimate of drug-likeness (QED) is 0.314. The van der Waals surface area contributed by atoms with Crippen molar-refractivity contribution in [2.45, 2.75) is 59.2 Å². The molecule has 160 valence electrons. The molecule has 2 aromatic rings. The molecule has 1 aromatic heterocycles. The van der Waals surface area contributed by atoms with Crippen LogP contribution in [0.1, 0.15) is 55.4 Å². The number of ether oxygens (including phenoxy) is 2. The maximum Gasteiger partial charge on any atom is 0.191 e. The monoisotopic (exact) mass is 530 g/mol. The molecule has 1 atom stereocenters. The molecular weight excluding hydrogens is 499 g/mol. The Labute approximate surface area is 194 Å². The van der Waals surface area contributed by atoms with Gasteiger partial charge in [-0.15, -0.1) is 35.3 Å². The Morgan fingerprint density at radius 3 is 2.76 bits per heavy atom. The molecule has 0 spiro atoms. The molecular formula is C21H31IN4O2S. The summed E-state index contributed by atoms with van der Waals surface area (Å²) in [6, 6.07) is 4.19. The van der Waals surface area contributed by atoms with Gasteiger partial charge in [-0.1, -0.05) is 13.8 Å². The Morgan fingerprint density at radius 2 is 2.10 bits per heavy atom. The minimum Gasteiger partial charge on any atom is -0.494 e. The average Bonchev–Trinajstić information content (AvgIpc) is 3.27. The van der Waals surface area contributed by atoms with Crippen molar-refractivity contribution in [2.75, 3.05) is 13.7 Å². The maximum atomic E-state index is 5.90. The number of hydrogen-bond acceptors (Lipinski definition) is 5. The first-order chi connectivity index (χ1) is 13.5. The van der Waals surface area contributed by atoms with E-state index >= 15 is 0 Å². The summed E-state index contributed by atoms with van der Waals surface area (Å²) in [4.78, 5) is 8.98. The van der Waals surface area contributed by atoms with Gasteiger partial charge in [0, 0.05) is 36.5 Å². The van der Waals surface area contributed by atoms with E-state index in [0.717, 1.165) is 40.1 Å². The molecule has 0 saturated carbocycles. The fourth-order valence-electron chi connectivity index (χ4n) is 3.14. The van der Waals surface area contributed by atoms with Gasteiger partial charge in [-0.2, -0.15) is 0 Å². The minimum atomic E-state index is 0. The second-order valence-electron chi connectivity index (χ2n) is 7.23. The Hall–Kier alpha value is -1.55. The van der Waals surface area contributed by atoms with Crippen LogP contribution in [-0.4, -0.2) is 30.7 Å². The summed E-state index contributed by atoms with van der Waals surface area (Å²) >= 11 is 1.67. The zero-order valence-corrected chi connectivity index (χ0v) is 20.9. The molecule has 3 rings (SSSR count). The second kappa shape index (κ2) is 11.0. The van der Waals surface area contributed by atoms with Crippen LogP contribution in [0.5, 0.6) is 11.5 Å². The van der Waals surface area contributed by atoms with E-state index in [1.165, 1.54) is 5.56 Å². The number of rotatable bonds is 7. The van der Waals surface area contributed by atoms with E-state index in [-0.39, 0.29) is 30.1 Å². The number of nitrogens with one attached hydrogen (secondary N) is 2. The zero-order valence-electron chi connectivity index (χ0n) is 17.7. The molecule has 0 saturated heterocycles. The van der Waals surface area contributed by atoms with E-state index in [9.17, 15) is 0 Å². The first-order valence-electron chi connectivity index (χ1n) is 9.84. The molecule has 0 amide bonds. The van der Waals surface area contributed by atoms with Crippen molar-refractivity contribution in [3.8, 4) is 11.5 Å². The van der Waals surface area contributed by atoms with E-state index in [4.69, 9.17) is 9.47 Å². The van der Waals surface area contributed by atoms with Crippen LogP contribution >= 0.6 is 35.3 Å². The minimum absolute atomic E-state index is 0. The summed E-state index contributed by atoms with van der Waals surface area (Å²) in [5.74, 6) is 3.05. The van der Waals surface area contributed by atoms with Gasteiger partial charge in [0.1, 0.15) is 22.6 Å². The zero-order chi connectivity index (χ0) is 20.1. The van der Waals surface area contributed by atoms with Crippen LogP contribution in [0.2, 0.25) is 0 Å². The standard InChI is InChI=1S/C21H30N4O2S.HI/c1-6-26-18-8-15-7-14(4)27-19(15)9-16(18)10-23-21(22-5)24-11-20-25-17(12-28-20)13(2)3;/h8-9,12-14H,6-7,10-11H2,1-5H3,(H2,22,23,24);1H. The van der Waals surface area contributed by atoms with Crippen LogP contribution in [0, 0.1) is 0 Å². The van der Waals surface area contributed by atoms with Gasteiger partial charge in [0.15, 0.2) is 5.96 Å². The Kier molecular flexibility index (Phi) is 9.01.